The maximum atomic E-state index is 12.5. The van der Waals surface area contributed by atoms with E-state index < -0.39 is 53.1 Å². The molecule has 2 N–H and O–H groups in total. The Morgan fingerprint density at radius 3 is 1.83 bits per heavy atom. The van der Waals surface area contributed by atoms with E-state index in [9.17, 15) is 19.2 Å². The standard InChI is InChI=1S/C26H39NO9/c1-10-32-24(31)34-16(3)15(2)33-21(28)18(27)13-17-11-12-19(35-22(29)25(4,5)6)20(14-17)36-23(30)26(7,8)9/h11-12,14-16,18H,10,13,27H2,1-9H3/t15-,16?,18-/m0/s1. The van der Waals surface area contributed by atoms with E-state index in [1.54, 1.807) is 68.4 Å². The topological polar surface area (TPSA) is 140 Å². The van der Waals surface area contributed by atoms with Crippen LogP contribution in [0.25, 0.3) is 0 Å². The summed E-state index contributed by atoms with van der Waals surface area (Å²) in [5.74, 6) is -1.63. The number of hydrogen-bond acceptors (Lipinski definition) is 10. The van der Waals surface area contributed by atoms with Crippen LogP contribution in [0.2, 0.25) is 0 Å². The van der Waals surface area contributed by atoms with Gasteiger partial charge in [0.1, 0.15) is 18.2 Å². The fourth-order valence-electron chi connectivity index (χ4n) is 2.45. The highest BCUT2D eigenvalue weighted by Crippen LogP contribution is 2.33. The highest BCUT2D eigenvalue weighted by molar-refractivity contribution is 5.81. The molecule has 36 heavy (non-hydrogen) atoms. The second-order valence-electron chi connectivity index (χ2n) is 10.5. The second kappa shape index (κ2) is 12.7. The van der Waals surface area contributed by atoms with Gasteiger partial charge in [0.05, 0.1) is 17.4 Å². The molecular formula is C26H39NO9. The molecule has 0 aromatic heterocycles. The molecule has 0 fully saturated rings. The summed E-state index contributed by atoms with van der Waals surface area (Å²) in [5.41, 5.74) is 5.01. The Labute approximate surface area is 212 Å². The monoisotopic (exact) mass is 509 g/mol. The Bertz CT molecular complexity index is 944. The minimum Gasteiger partial charge on any atom is -0.458 e. The first kappa shape index (κ1) is 30.9. The van der Waals surface area contributed by atoms with Crippen LogP contribution in [-0.4, -0.2) is 48.9 Å². The average Bonchev–Trinajstić information content (AvgIpc) is 2.73. The van der Waals surface area contributed by atoms with Gasteiger partial charge in [0, 0.05) is 0 Å². The van der Waals surface area contributed by atoms with E-state index in [-0.39, 0.29) is 24.5 Å². The third kappa shape index (κ3) is 9.85. The zero-order valence-corrected chi connectivity index (χ0v) is 22.6. The van der Waals surface area contributed by atoms with E-state index in [1.165, 1.54) is 12.1 Å². The number of esters is 3. The summed E-state index contributed by atoms with van der Waals surface area (Å²) in [6, 6.07) is 3.54. The van der Waals surface area contributed by atoms with Crippen LogP contribution in [0.4, 0.5) is 4.79 Å². The van der Waals surface area contributed by atoms with Crippen LogP contribution in [0.5, 0.6) is 11.5 Å². The van der Waals surface area contributed by atoms with Crippen molar-refractivity contribution in [1.82, 2.24) is 0 Å². The van der Waals surface area contributed by atoms with Gasteiger partial charge in [-0.05, 0) is 86.4 Å². The Kier molecular flexibility index (Phi) is 10.9. The molecule has 0 aliphatic heterocycles. The third-order valence-electron chi connectivity index (χ3n) is 4.90. The maximum Gasteiger partial charge on any atom is 0.508 e. The first-order chi connectivity index (χ1) is 16.4. The lowest BCUT2D eigenvalue weighted by Gasteiger charge is -2.22. The minimum absolute atomic E-state index is 0.0374. The fraction of sp³-hybridized carbons (Fsp3) is 0.615. The van der Waals surface area contributed by atoms with Crippen molar-refractivity contribution >= 4 is 24.1 Å². The molecule has 0 aliphatic carbocycles. The average molecular weight is 510 g/mol. The predicted molar refractivity (Wildman–Crippen MR) is 131 cm³/mol. The molecule has 1 aromatic rings. The smallest absolute Gasteiger partial charge is 0.458 e. The minimum atomic E-state index is -1.06. The predicted octanol–water partition coefficient (Wildman–Crippen LogP) is 3.95. The van der Waals surface area contributed by atoms with Gasteiger partial charge >= 0.3 is 24.1 Å². The van der Waals surface area contributed by atoms with Crippen LogP contribution < -0.4 is 15.2 Å². The molecule has 0 bridgehead atoms. The Morgan fingerprint density at radius 2 is 1.33 bits per heavy atom. The second-order valence-corrected chi connectivity index (χ2v) is 10.5. The van der Waals surface area contributed by atoms with Gasteiger partial charge in [0.2, 0.25) is 0 Å². The van der Waals surface area contributed by atoms with Crippen LogP contribution in [0, 0.1) is 10.8 Å². The van der Waals surface area contributed by atoms with Gasteiger partial charge in [-0.15, -0.1) is 0 Å². The van der Waals surface area contributed by atoms with Crippen LogP contribution in [0.3, 0.4) is 0 Å². The van der Waals surface area contributed by atoms with Crippen molar-refractivity contribution < 1.29 is 42.9 Å². The molecule has 0 amide bonds. The van der Waals surface area contributed by atoms with Crippen molar-refractivity contribution in [1.29, 1.82) is 0 Å². The van der Waals surface area contributed by atoms with Gasteiger partial charge in [-0.2, -0.15) is 0 Å². The lowest BCUT2D eigenvalue weighted by atomic mass is 9.97. The molecule has 0 heterocycles. The molecule has 3 atom stereocenters. The number of nitrogens with two attached hydrogens (primary N) is 1. The summed E-state index contributed by atoms with van der Waals surface area (Å²) in [4.78, 5) is 48.9. The van der Waals surface area contributed by atoms with Gasteiger partial charge in [0.25, 0.3) is 0 Å². The van der Waals surface area contributed by atoms with E-state index in [0.29, 0.717) is 5.56 Å². The highest BCUT2D eigenvalue weighted by Gasteiger charge is 2.29. The summed E-state index contributed by atoms with van der Waals surface area (Å²) < 4.78 is 26.1. The Hall–Kier alpha value is -3.14. The first-order valence-electron chi connectivity index (χ1n) is 11.8. The van der Waals surface area contributed by atoms with Gasteiger partial charge in [-0.25, -0.2) is 4.79 Å². The van der Waals surface area contributed by atoms with Gasteiger partial charge in [-0.1, -0.05) is 6.07 Å². The Morgan fingerprint density at radius 1 is 0.833 bits per heavy atom. The van der Waals surface area contributed by atoms with Crippen molar-refractivity contribution in [2.45, 2.75) is 87.0 Å². The SMILES string of the molecule is CCOC(=O)OC(C)[C@H](C)OC(=O)[C@@H](N)Cc1ccc(OC(=O)C(C)(C)C)c(OC(=O)C(C)(C)C)c1. The number of rotatable bonds is 9. The summed E-state index contributed by atoms with van der Waals surface area (Å²) in [6.07, 6.45) is -2.33. The van der Waals surface area contributed by atoms with E-state index >= 15 is 0 Å². The molecule has 202 valence electrons. The zero-order chi connectivity index (χ0) is 27.8. The summed E-state index contributed by atoms with van der Waals surface area (Å²) in [6.45, 7) is 15.1. The number of carbonyl (C=O) groups is 4. The number of hydrogen-bond donors (Lipinski definition) is 1. The van der Waals surface area contributed by atoms with E-state index in [4.69, 9.17) is 29.4 Å². The van der Waals surface area contributed by atoms with Crippen molar-refractivity contribution in [2.75, 3.05) is 6.61 Å². The lowest BCUT2D eigenvalue weighted by molar-refractivity contribution is -0.155. The molecule has 10 heteroatoms. The van der Waals surface area contributed by atoms with Crippen molar-refractivity contribution in [3.63, 3.8) is 0 Å². The van der Waals surface area contributed by atoms with E-state index in [0.717, 1.165) is 0 Å². The Balaban J connectivity index is 3.01. The van der Waals surface area contributed by atoms with Gasteiger partial charge in [-0.3, -0.25) is 14.4 Å². The van der Waals surface area contributed by atoms with Crippen LogP contribution in [0.1, 0.15) is 67.9 Å². The first-order valence-corrected chi connectivity index (χ1v) is 11.8. The fourth-order valence-corrected chi connectivity index (χ4v) is 2.45. The number of carbonyl (C=O) groups excluding carboxylic acids is 4. The quantitative estimate of drug-likeness (QED) is 0.384. The van der Waals surface area contributed by atoms with E-state index in [2.05, 4.69) is 0 Å². The van der Waals surface area contributed by atoms with Crippen LogP contribution >= 0.6 is 0 Å². The van der Waals surface area contributed by atoms with Crippen molar-refractivity contribution in [2.24, 2.45) is 16.6 Å². The molecular weight excluding hydrogens is 470 g/mol. The maximum absolute atomic E-state index is 12.5. The molecule has 0 saturated carbocycles. The highest BCUT2D eigenvalue weighted by atomic mass is 16.7. The molecule has 1 unspecified atom stereocenters. The number of benzene rings is 1. The molecule has 0 radical (unpaired) electrons. The molecule has 0 saturated heterocycles. The van der Waals surface area contributed by atoms with Crippen molar-refractivity contribution in [3.8, 4) is 11.5 Å². The summed E-state index contributed by atoms with van der Waals surface area (Å²) in [5, 5.41) is 0. The molecule has 1 aromatic carbocycles. The zero-order valence-electron chi connectivity index (χ0n) is 22.6. The molecule has 10 nitrogen and oxygen atoms in total. The molecule has 1 rings (SSSR count). The normalized spacial score (nSPS) is 14.2. The van der Waals surface area contributed by atoms with Crippen LogP contribution in [-0.2, 0) is 35.0 Å². The van der Waals surface area contributed by atoms with Gasteiger partial charge in [0.15, 0.2) is 11.5 Å². The van der Waals surface area contributed by atoms with Gasteiger partial charge < -0.3 is 29.4 Å². The molecule has 0 spiro atoms. The number of ether oxygens (including phenoxy) is 5. The van der Waals surface area contributed by atoms with E-state index in [1.807, 2.05) is 0 Å². The third-order valence-corrected chi connectivity index (χ3v) is 4.90. The molecule has 0 aliphatic rings. The van der Waals surface area contributed by atoms with Crippen LogP contribution in [0.15, 0.2) is 18.2 Å². The summed E-state index contributed by atoms with van der Waals surface area (Å²) in [7, 11) is 0. The lowest BCUT2D eigenvalue weighted by Crippen LogP contribution is -2.39. The van der Waals surface area contributed by atoms with Crippen molar-refractivity contribution in [3.05, 3.63) is 23.8 Å². The largest absolute Gasteiger partial charge is 0.508 e. The summed E-state index contributed by atoms with van der Waals surface area (Å²) >= 11 is 0.